The third kappa shape index (κ3) is 4.88. The number of amides is 5. The molecule has 1 atom stereocenters. The number of anilines is 2. The largest absolute Gasteiger partial charge is 0.322 e. The van der Waals surface area contributed by atoms with Crippen LogP contribution in [0.3, 0.4) is 0 Å². The Hall–Kier alpha value is -3.88. The van der Waals surface area contributed by atoms with Crippen LogP contribution in [0.5, 0.6) is 0 Å². The highest BCUT2D eigenvalue weighted by Gasteiger charge is 2.43. The molecule has 1 fully saturated rings. The molecule has 34 heavy (non-hydrogen) atoms. The van der Waals surface area contributed by atoms with Gasteiger partial charge in [-0.25, -0.2) is 4.79 Å². The summed E-state index contributed by atoms with van der Waals surface area (Å²) in [4.78, 5) is 48.8. The van der Waals surface area contributed by atoms with E-state index in [-0.39, 0.29) is 5.91 Å². The van der Waals surface area contributed by atoms with Crippen LogP contribution in [0.4, 0.5) is 16.2 Å². The summed E-state index contributed by atoms with van der Waals surface area (Å²) in [5, 5.41) is 11.0. The standard InChI is InChI=1S/C24H18Cl2N4O4/c1-24(22(33)29-23(34)30-24)15-3-2-4-19(11-15)28-20(31)13-5-7-18(8-6-13)27-21(32)14-9-16(25)12-17(26)10-14/h2-12H,1H3,(H,27,32)(H,28,31)(H2,29,30,33,34). The molecule has 5 amide bonds. The van der Waals surface area contributed by atoms with Crippen molar-refractivity contribution >= 4 is 58.3 Å². The van der Waals surface area contributed by atoms with E-state index in [0.29, 0.717) is 38.1 Å². The first-order valence-corrected chi connectivity index (χ1v) is 10.8. The Bertz CT molecular complexity index is 1310. The predicted octanol–water partition coefficient (Wildman–Crippen LogP) is 4.55. The quantitative estimate of drug-likeness (QED) is 0.387. The highest BCUT2D eigenvalue weighted by atomic mass is 35.5. The van der Waals surface area contributed by atoms with Crippen molar-refractivity contribution in [2.24, 2.45) is 0 Å². The number of nitrogens with one attached hydrogen (secondary N) is 4. The maximum Gasteiger partial charge on any atom is 0.322 e. The van der Waals surface area contributed by atoms with E-state index in [1.54, 1.807) is 55.5 Å². The molecule has 3 aromatic carbocycles. The van der Waals surface area contributed by atoms with Gasteiger partial charge in [0.2, 0.25) is 0 Å². The van der Waals surface area contributed by atoms with Gasteiger partial charge in [-0.2, -0.15) is 0 Å². The lowest BCUT2D eigenvalue weighted by atomic mass is 9.92. The van der Waals surface area contributed by atoms with Crippen LogP contribution in [-0.4, -0.2) is 23.8 Å². The molecule has 0 bridgehead atoms. The van der Waals surface area contributed by atoms with Crippen molar-refractivity contribution in [2.75, 3.05) is 10.6 Å². The molecule has 0 saturated carbocycles. The van der Waals surface area contributed by atoms with Crippen LogP contribution in [0, 0.1) is 0 Å². The molecule has 1 aliphatic heterocycles. The zero-order chi connectivity index (χ0) is 24.5. The van der Waals surface area contributed by atoms with Crippen LogP contribution in [0.2, 0.25) is 10.0 Å². The van der Waals surface area contributed by atoms with Crippen LogP contribution in [-0.2, 0) is 10.3 Å². The summed E-state index contributed by atoms with van der Waals surface area (Å²) in [6, 6.07) is 16.9. The summed E-state index contributed by atoms with van der Waals surface area (Å²) in [5.74, 6) is -1.25. The molecule has 8 nitrogen and oxygen atoms in total. The second-order valence-electron chi connectivity index (χ2n) is 7.76. The van der Waals surface area contributed by atoms with Crippen LogP contribution >= 0.6 is 23.2 Å². The van der Waals surface area contributed by atoms with Gasteiger partial charge < -0.3 is 16.0 Å². The third-order valence-electron chi connectivity index (χ3n) is 5.27. The number of rotatable bonds is 5. The van der Waals surface area contributed by atoms with Gasteiger partial charge >= 0.3 is 6.03 Å². The molecule has 0 spiro atoms. The summed E-state index contributed by atoms with van der Waals surface area (Å²) in [6.07, 6.45) is 0. The smallest absolute Gasteiger partial charge is 0.322 e. The third-order valence-corrected chi connectivity index (χ3v) is 5.71. The Kier molecular flexibility index (Phi) is 6.28. The number of halogens is 2. The van der Waals surface area contributed by atoms with Crippen molar-refractivity contribution in [1.82, 2.24) is 10.6 Å². The second kappa shape index (κ2) is 9.17. The van der Waals surface area contributed by atoms with Crippen LogP contribution in [0.15, 0.2) is 66.7 Å². The van der Waals surface area contributed by atoms with Crippen molar-refractivity contribution in [3.05, 3.63) is 93.5 Å². The Morgan fingerprint density at radius 1 is 0.794 bits per heavy atom. The van der Waals surface area contributed by atoms with Gasteiger partial charge in [-0.1, -0.05) is 35.3 Å². The van der Waals surface area contributed by atoms with Gasteiger partial charge in [-0.05, 0) is 67.1 Å². The summed E-state index contributed by atoms with van der Waals surface area (Å²) < 4.78 is 0. The first-order valence-electron chi connectivity index (χ1n) is 10.1. The SMILES string of the molecule is CC1(c2cccc(NC(=O)c3ccc(NC(=O)c4cc(Cl)cc(Cl)c4)cc3)c2)NC(=O)NC1=O. The summed E-state index contributed by atoms with van der Waals surface area (Å²) in [7, 11) is 0. The summed E-state index contributed by atoms with van der Waals surface area (Å²) in [5.41, 5.74) is 0.883. The zero-order valence-electron chi connectivity index (χ0n) is 17.7. The van der Waals surface area contributed by atoms with Gasteiger partial charge in [0.1, 0.15) is 5.54 Å². The fourth-order valence-corrected chi connectivity index (χ4v) is 3.98. The fraction of sp³-hybridized carbons (Fsp3) is 0.0833. The maximum atomic E-state index is 12.7. The molecule has 1 heterocycles. The molecular formula is C24H18Cl2N4O4. The van der Waals surface area contributed by atoms with E-state index in [4.69, 9.17) is 23.2 Å². The van der Waals surface area contributed by atoms with Crippen LogP contribution < -0.4 is 21.3 Å². The number of carbonyl (C=O) groups excluding carboxylic acids is 4. The van der Waals surface area contributed by atoms with Crippen molar-refractivity contribution in [3.8, 4) is 0 Å². The van der Waals surface area contributed by atoms with Gasteiger partial charge in [0, 0.05) is 32.5 Å². The monoisotopic (exact) mass is 496 g/mol. The first-order chi connectivity index (χ1) is 16.1. The molecule has 1 saturated heterocycles. The lowest BCUT2D eigenvalue weighted by Gasteiger charge is -2.21. The molecule has 3 aromatic rings. The van der Waals surface area contributed by atoms with E-state index in [1.807, 2.05) is 0 Å². The van der Waals surface area contributed by atoms with Gasteiger partial charge in [0.25, 0.3) is 17.7 Å². The van der Waals surface area contributed by atoms with E-state index in [1.165, 1.54) is 18.2 Å². The molecule has 172 valence electrons. The van der Waals surface area contributed by atoms with Crippen LogP contribution in [0.1, 0.15) is 33.2 Å². The number of benzene rings is 3. The minimum atomic E-state index is -1.23. The lowest BCUT2D eigenvalue weighted by Crippen LogP contribution is -2.40. The number of urea groups is 1. The average molecular weight is 497 g/mol. The Morgan fingerprint density at radius 3 is 2.03 bits per heavy atom. The Morgan fingerprint density at radius 2 is 1.41 bits per heavy atom. The normalized spacial score (nSPS) is 17.0. The highest BCUT2D eigenvalue weighted by Crippen LogP contribution is 2.27. The summed E-state index contributed by atoms with van der Waals surface area (Å²) in [6.45, 7) is 1.58. The topological polar surface area (TPSA) is 116 Å². The molecule has 1 aliphatic rings. The van der Waals surface area contributed by atoms with E-state index in [0.717, 1.165) is 0 Å². The zero-order valence-corrected chi connectivity index (χ0v) is 19.3. The average Bonchev–Trinajstić information content (AvgIpc) is 3.06. The summed E-state index contributed by atoms with van der Waals surface area (Å²) >= 11 is 11.9. The molecule has 4 rings (SSSR count). The van der Waals surface area contributed by atoms with Gasteiger partial charge in [0.05, 0.1) is 0 Å². The van der Waals surface area contributed by atoms with E-state index < -0.39 is 23.4 Å². The Labute approximate surface area is 204 Å². The van der Waals surface area contributed by atoms with E-state index >= 15 is 0 Å². The van der Waals surface area contributed by atoms with E-state index in [9.17, 15) is 19.2 Å². The van der Waals surface area contributed by atoms with Crippen molar-refractivity contribution < 1.29 is 19.2 Å². The fourth-order valence-electron chi connectivity index (χ4n) is 3.45. The maximum absolute atomic E-state index is 12.7. The molecule has 10 heteroatoms. The highest BCUT2D eigenvalue weighted by molar-refractivity contribution is 6.35. The number of imide groups is 1. The van der Waals surface area contributed by atoms with Crippen molar-refractivity contribution in [1.29, 1.82) is 0 Å². The molecule has 0 radical (unpaired) electrons. The number of hydrogen-bond donors (Lipinski definition) is 4. The van der Waals surface area contributed by atoms with Crippen molar-refractivity contribution in [3.63, 3.8) is 0 Å². The molecule has 0 aliphatic carbocycles. The molecule has 4 N–H and O–H groups in total. The van der Waals surface area contributed by atoms with Gasteiger partial charge in [0.15, 0.2) is 0 Å². The molecular weight excluding hydrogens is 479 g/mol. The number of hydrogen-bond acceptors (Lipinski definition) is 4. The second-order valence-corrected chi connectivity index (χ2v) is 8.63. The lowest BCUT2D eigenvalue weighted by molar-refractivity contribution is -0.123. The van der Waals surface area contributed by atoms with Gasteiger partial charge in [-0.3, -0.25) is 19.7 Å². The van der Waals surface area contributed by atoms with Gasteiger partial charge in [-0.15, -0.1) is 0 Å². The molecule has 0 aromatic heterocycles. The van der Waals surface area contributed by atoms with Crippen molar-refractivity contribution in [2.45, 2.75) is 12.5 Å². The Balaban J connectivity index is 1.44. The minimum absolute atomic E-state index is 0.306. The number of carbonyl (C=O) groups is 4. The predicted molar refractivity (Wildman–Crippen MR) is 129 cm³/mol. The van der Waals surface area contributed by atoms with Crippen LogP contribution in [0.25, 0.3) is 0 Å². The first kappa shape index (κ1) is 23.3. The molecule has 1 unspecified atom stereocenters. The minimum Gasteiger partial charge on any atom is -0.322 e. The van der Waals surface area contributed by atoms with E-state index in [2.05, 4.69) is 21.3 Å².